The smallest absolute Gasteiger partial charge is 0.170 e. The molecule has 5 rings (SSSR count). The second-order valence-corrected chi connectivity index (χ2v) is 10.7. The van der Waals surface area contributed by atoms with Gasteiger partial charge in [0.15, 0.2) is 5.82 Å². The monoisotopic (exact) mass is 458 g/mol. The average molecular weight is 459 g/mol. The highest BCUT2D eigenvalue weighted by molar-refractivity contribution is 7.93. The van der Waals surface area contributed by atoms with E-state index in [1.807, 2.05) is 42.5 Å². The van der Waals surface area contributed by atoms with Gasteiger partial charge in [-0.3, -0.25) is 5.10 Å². The lowest BCUT2D eigenvalue weighted by Gasteiger charge is -2.17. The van der Waals surface area contributed by atoms with Gasteiger partial charge in [0.1, 0.15) is 5.82 Å². The Morgan fingerprint density at radius 2 is 1.73 bits per heavy atom. The molecule has 0 saturated carbocycles. The van der Waals surface area contributed by atoms with Gasteiger partial charge in [-0.1, -0.05) is 44.2 Å². The van der Waals surface area contributed by atoms with Crippen molar-refractivity contribution >= 4 is 37.2 Å². The van der Waals surface area contributed by atoms with Crippen molar-refractivity contribution in [3.63, 3.8) is 0 Å². The van der Waals surface area contributed by atoms with Gasteiger partial charge >= 0.3 is 0 Å². The fraction of sp³-hybridized carbons (Fsp3) is 0.154. The molecule has 0 aliphatic heterocycles. The van der Waals surface area contributed by atoms with Gasteiger partial charge in [-0.2, -0.15) is 9.46 Å². The van der Waals surface area contributed by atoms with Crippen LogP contribution >= 0.6 is 0 Å². The Balaban J connectivity index is 1.90. The molecule has 33 heavy (non-hydrogen) atoms. The van der Waals surface area contributed by atoms with Crippen molar-refractivity contribution in [1.82, 2.24) is 15.2 Å². The van der Waals surface area contributed by atoms with Crippen LogP contribution in [0.5, 0.6) is 0 Å². The van der Waals surface area contributed by atoms with E-state index in [1.165, 1.54) is 12.1 Å². The Morgan fingerprint density at radius 1 is 1.00 bits per heavy atom. The molecule has 0 saturated heterocycles. The van der Waals surface area contributed by atoms with Gasteiger partial charge in [0, 0.05) is 27.5 Å². The topological polar surface area (TPSA) is 71.0 Å². The molecular formula is C26H23FN4OS. The Bertz CT molecular complexity index is 1600. The number of H-pyrrole nitrogens is 1. The number of nitrogens with one attached hydrogen (secondary N) is 1. The molecule has 2 aromatic heterocycles. The van der Waals surface area contributed by atoms with Crippen molar-refractivity contribution in [3.05, 3.63) is 84.4 Å². The summed E-state index contributed by atoms with van der Waals surface area (Å²) in [6.45, 7) is 4.11. The first-order valence-corrected chi connectivity index (χ1v) is 12.6. The summed E-state index contributed by atoms with van der Waals surface area (Å²) in [5.41, 5.74) is 3.45. The van der Waals surface area contributed by atoms with Crippen molar-refractivity contribution in [1.29, 1.82) is 0 Å². The first-order valence-electron chi connectivity index (χ1n) is 10.7. The van der Waals surface area contributed by atoms with Crippen LogP contribution in [0.3, 0.4) is 0 Å². The van der Waals surface area contributed by atoms with Crippen LogP contribution in [0.15, 0.2) is 82.2 Å². The summed E-state index contributed by atoms with van der Waals surface area (Å²) in [5.74, 6) is 0.194. The van der Waals surface area contributed by atoms with E-state index in [-0.39, 0.29) is 11.7 Å². The van der Waals surface area contributed by atoms with Crippen LogP contribution in [0, 0.1) is 5.82 Å². The number of aromatic amines is 1. The molecule has 5 aromatic rings. The molecule has 1 unspecified atom stereocenters. The highest BCUT2D eigenvalue weighted by Crippen LogP contribution is 2.40. The van der Waals surface area contributed by atoms with Gasteiger partial charge in [-0.05, 0) is 53.3 Å². The number of hydrogen-bond acceptors (Lipinski definition) is 4. The maximum Gasteiger partial charge on any atom is 0.170 e. The average Bonchev–Trinajstić information content (AvgIpc) is 3.26. The molecule has 0 amide bonds. The van der Waals surface area contributed by atoms with E-state index < -0.39 is 9.73 Å². The van der Waals surface area contributed by atoms with Crippen LogP contribution in [0.25, 0.3) is 32.8 Å². The summed E-state index contributed by atoms with van der Waals surface area (Å²) in [6, 6.07) is 19.6. The SMILES string of the molecule is CC(C)c1nc(N=S(C)(=O)c2ccccc2)c2cc3[nH]ncc3cc2c1-c1ccc(F)cc1. The lowest BCUT2D eigenvalue weighted by molar-refractivity contribution is 0.628. The predicted molar refractivity (Wildman–Crippen MR) is 132 cm³/mol. The van der Waals surface area contributed by atoms with Gasteiger partial charge in [0.25, 0.3) is 0 Å². The molecule has 1 atom stereocenters. The number of pyridine rings is 1. The molecular weight excluding hydrogens is 435 g/mol. The van der Waals surface area contributed by atoms with E-state index in [4.69, 9.17) is 9.35 Å². The number of hydrogen-bond donors (Lipinski definition) is 1. The standard InChI is InChI=1S/C26H23FN4OS/c1-16(2)25-24(17-9-11-19(27)12-10-17)21-13-18-15-28-30-23(18)14-22(21)26(29-25)31-33(3,32)20-7-5-4-6-8-20/h4-16H,1-3H3,(H,28,30). The van der Waals surface area contributed by atoms with Gasteiger partial charge in [0.05, 0.1) is 27.1 Å². The van der Waals surface area contributed by atoms with Crippen LogP contribution in [-0.4, -0.2) is 25.6 Å². The maximum atomic E-state index is 13.7. The molecule has 7 heteroatoms. The number of halogens is 1. The number of benzene rings is 3. The van der Waals surface area contributed by atoms with E-state index in [0.717, 1.165) is 38.5 Å². The fourth-order valence-corrected chi connectivity index (χ4v) is 5.29. The lowest BCUT2D eigenvalue weighted by atomic mass is 9.92. The number of aromatic nitrogens is 3. The van der Waals surface area contributed by atoms with Crippen molar-refractivity contribution in [2.75, 3.05) is 6.26 Å². The maximum absolute atomic E-state index is 13.7. The Hall–Kier alpha value is -3.58. The third-order valence-electron chi connectivity index (χ3n) is 5.69. The predicted octanol–water partition coefficient (Wildman–Crippen LogP) is 6.83. The molecule has 2 heterocycles. The molecule has 3 aromatic carbocycles. The molecule has 1 N–H and O–H groups in total. The van der Waals surface area contributed by atoms with E-state index in [1.54, 1.807) is 24.6 Å². The minimum Gasteiger partial charge on any atom is -0.278 e. The number of nitrogens with zero attached hydrogens (tertiary/aromatic N) is 3. The van der Waals surface area contributed by atoms with Crippen LogP contribution < -0.4 is 0 Å². The summed E-state index contributed by atoms with van der Waals surface area (Å²) in [6.07, 6.45) is 3.40. The molecule has 166 valence electrons. The number of fused-ring (bicyclic) bond motifs is 2. The summed E-state index contributed by atoms with van der Waals surface area (Å²) >= 11 is 0. The Labute approximate surface area is 191 Å². The molecule has 0 bridgehead atoms. The van der Waals surface area contributed by atoms with Gasteiger partial charge in [-0.25, -0.2) is 13.6 Å². The van der Waals surface area contributed by atoms with Crippen molar-refractivity contribution < 1.29 is 8.60 Å². The first-order chi connectivity index (χ1) is 15.8. The molecule has 0 fully saturated rings. The molecule has 0 aliphatic carbocycles. The van der Waals surface area contributed by atoms with Crippen LogP contribution in [0.4, 0.5) is 10.2 Å². The van der Waals surface area contributed by atoms with Gasteiger partial charge in [0.2, 0.25) is 0 Å². The second kappa shape index (κ2) is 8.08. The largest absolute Gasteiger partial charge is 0.278 e. The quantitative estimate of drug-likeness (QED) is 0.321. The zero-order valence-corrected chi connectivity index (χ0v) is 19.4. The zero-order chi connectivity index (χ0) is 23.2. The third kappa shape index (κ3) is 3.89. The highest BCUT2D eigenvalue weighted by Gasteiger charge is 2.20. The fourth-order valence-electron chi connectivity index (χ4n) is 4.05. The lowest BCUT2D eigenvalue weighted by Crippen LogP contribution is -2.01. The molecule has 0 aliphatic rings. The highest BCUT2D eigenvalue weighted by atomic mass is 32.2. The van der Waals surface area contributed by atoms with Crippen molar-refractivity contribution in [2.24, 2.45) is 4.36 Å². The van der Waals surface area contributed by atoms with Crippen LogP contribution in [-0.2, 0) is 9.73 Å². The zero-order valence-electron chi connectivity index (χ0n) is 18.5. The van der Waals surface area contributed by atoms with Crippen molar-refractivity contribution in [3.8, 4) is 11.1 Å². The van der Waals surface area contributed by atoms with Gasteiger partial charge < -0.3 is 0 Å². The third-order valence-corrected chi connectivity index (χ3v) is 7.36. The van der Waals surface area contributed by atoms with Crippen LogP contribution in [0.2, 0.25) is 0 Å². The Kier molecular flexibility index (Phi) is 5.21. The van der Waals surface area contributed by atoms with Crippen molar-refractivity contribution in [2.45, 2.75) is 24.7 Å². The first kappa shape index (κ1) is 21.3. The van der Waals surface area contributed by atoms with Crippen LogP contribution in [0.1, 0.15) is 25.5 Å². The molecule has 0 radical (unpaired) electrons. The van der Waals surface area contributed by atoms with E-state index in [0.29, 0.717) is 10.7 Å². The summed E-state index contributed by atoms with van der Waals surface area (Å²) in [5, 5.41) is 9.78. The van der Waals surface area contributed by atoms with E-state index in [2.05, 4.69) is 24.0 Å². The minimum absolute atomic E-state index is 0.0630. The summed E-state index contributed by atoms with van der Waals surface area (Å²) in [7, 11) is -2.73. The molecule has 5 nitrogen and oxygen atoms in total. The summed E-state index contributed by atoms with van der Waals surface area (Å²) in [4.78, 5) is 5.58. The van der Waals surface area contributed by atoms with Gasteiger partial charge in [-0.15, -0.1) is 0 Å². The number of rotatable bonds is 4. The van der Waals surface area contributed by atoms with E-state index in [9.17, 15) is 8.60 Å². The normalized spacial score (nSPS) is 13.5. The minimum atomic E-state index is -2.73. The second-order valence-electron chi connectivity index (χ2n) is 8.42. The summed E-state index contributed by atoms with van der Waals surface area (Å²) < 4.78 is 32.0. The molecule has 0 spiro atoms. The Morgan fingerprint density at radius 3 is 2.42 bits per heavy atom. The van der Waals surface area contributed by atoms with E-state index >= 15 is 0 Å².